The highest BCUT2D eigenvalue weighted by Gasteiger charge is 2.24. The predicted octanol–water partition coefficient (Wildman–Crippen LogP) is 6.32. The summed E-state index contributed by atoms with van der Waals surface area (Å²) in [5.41, 5.74) is 2.69. The van der Waals surface area contributed by atoms with Gasteiger partial charge in [-0.05, 0) is 76.1 Å². The van der Waals surface area contributed by atoms with Crippen molar-refractivity contribution in [2.45, 2.75) is 13.5 Å². The van der Waals surface area contributed by atoms with Crippen LogP contribution in [0.4, 0.5) is 5.69 Å². The molecule has 1 fully saturated rings. The van der Waals surface area contributed by atoms with E-state index < -0.39 is 0 Å². The Kier molecular flexibility index (Phi) is 7.29. The minimum absolute atomic E-state index is 0.178. The van der Waals surface area contributed by atoms with Crippen molar-refractivity contribution >= 4 is 50.5 Å². The van der Waals surface area contributed by atoms with Crippen LogP contribution in [0.2, 0.25) is 0 Å². The summed E-state index contributed by atoms with van der Waals surface area (Å²) < 4.78 is 12.6. The number of rotatable bonds is 7. The molecule has 0 saturated carbocycles. The second-order valence-corrected chi connectivity index (χ2v) is 8.73. The Labute approximate surface area is 199 Å². The smallest absolute Gasteiger partial charge is 0.264 e. The summed E-state index contributed by atoms with van der Waals surface area (Å²) in [6.07, 6.45) is 1.83. The number of nitrogens with zero attached hydrogens (tertiary/aromatic N) is 1. The molecule has 0 spiro atoms. The fourth-order valence-corrected chi connectivity index (χ4v) is 4.23. The third-order valence-corrected chi connectivity index (χ3v) is 6.11. The van der Waals surface area contributed by atoms with Gasteiger partial charge in [-0.15, -0.1) is 0 Å². The van der Waals surface area contributed by atoms with Crippen LogP contribution in [0.1, 0.15) is 18.1 Å². The SMILES string of the molecule is CCOc1cc(/C=C2/SC(=Nc3ccccc3Br)NC2=O)ccc1OCc1ccccc1. The Hall–Kier alpha value is -3.03. The van der Waals surface area contributed by atoms with Gasteiger partial charge in [-0.2, -0.15) is 0 Å². The van der Waals surface area contributed by atoms with Crippen molar-refractivity contribution in [2.24, 2.45) is 4.99 Å². The second kappa shape index (κ2) is 10.5. The summed E-state index contributed by atoms with van der Waals surface area (Å²) in [6.45, 7) is 2.89. The van der Waals surface area contributed by atoms with Crippen molar-refractivity contribution in [1.29, 1.82) is 0 Å². The van der Waals surface area contributed by atoms with Crippen molar-refractivity contribution in [3.05, 3.63) is 93.3 Å². The molecular formula is C25H21BrN2O3S. The van der Waals surface area contributed by atoms with E-state index in [0.29, 0.717) is 34.8 Å². The number of ether oxygens (including phenoxy) is 2. The van der Waals surface area contributed by atoms with Gasteiger partial charge in [0.1, 0.15) is 6.61 Å². The number of hydrogen-bond donors (Lipinski definition) is 1. The van der Waals surface area contributed by atoms with Crippen LogP contribution in [-0.2, 0) is 11.4 Å². The zero-order valence-corrected chi connectivity index (χ0v) is 19.8. The molecule has 162 valence electrons. The first kappa shape index (κ1) is 22.2. The molecule has 5 nitrogen and oxygen atoms in total. The molecule has 1 heterocycles. The largest absolute Gasteiger partial charge is 0.490 e. The van der Waals surface area contributed by atoms with Gasteiger partial charge in [-0.25, -0.2) is 4.99 Å². The maximum absolute atomic E-state index is 12.5. The summed E-state index contributed by atoms with van der Waals surface area (Å²) in [5, 5.41) is 3.36. The maximum Gasteiger partial charge on any atom is 0.264 e. The highest BCUT2D eigenvalue weighted by Crippen LogP contribution is 2.34. The van der Waals surface area contributed by atoms with Gasteiger partial charge in [0.25, 0.3) is 5.91 Å². The molecule has 7 heteroatoms. The number of carbonyl (C=O) groups excluding carboxylic acids is 1. The number of halogens is 1. The number of nitrogens with one attached hydrogen (secondary N) is 1. The van der Waals surface area contributed by atoms with Crippen molar-refractivity contribution in [3.63, 3.8) is 0 Å². The molecule has 32 heavy (non-hydrogen) atoms. The van der Waals surface area contributed by atoms with E-state index in [0.717, 1.165) is 21.3 Å². The van der Waals surface area contributed by atoms with E-state index in [1.807, 2.05) is 85.8 Å². The predicted molar refractivity (Wildman–Crippen MR) is 133 cm³/mol. The zero-order chi connectivity index (χ0) is 22.3. The van der Waals surface area contributed by atoms with Gasteiger partial charge >= 0.3 is 0 Å². The van der Waals surface area contributed by atoms with Crippen LogP contribution in [0.3, 0.4) is 0 Å². The minimum Gasteiger partial charge on any atom is -0.490 e. The Balaban J connectivity index is 1.52. The molecule has 0 aromatic heterocycles. The van der Waals surface area contributed by atoms with Gasteiger partial charge in [0.05, 0.1) is 17.2 Å². The van der Waals surface area contributed by atoms with E-state index in [1.54, 1.807) is 0 Å². The summed E-state index contributed by atoms with van der Waals surface area (Å²) in [4.78, 5) is 17.5. The lowest BCUT2D eigenvalue weighted by Crippen LogP contribution is -2.19. The fourth-order valence-electron chi connectivity index (χ4n) is 3.02. The van der Waals surface area contributed by atoms with E-state index >= 15 is 0 Å². The second-order valence-electron chi connectivity index (χ2n) is 6.85. The van der Waals surface area contributed by atoms with Crippen LogP contribution in [-0.4, -0.2) is 17.7 Å². The number of thioether (sulfide) groups is 1. The lowest BCUT2D eigenvalue weighted by molar-refractivity contribution is -0.115. The zero-order valence-electron chi connectivity index (χ0n) is 17.4. The summed E-state index contributed by atoms with van der Waals surface area (Å²) in [7, 11) is 0. The Bertz CT molecular complexity index is 1180. The van der Waals surface area contributed by atoms with Gasteiger partial charge in [0.15, 0.2) is 16.7 Å². The van der Waals surface area contributed by atoms with Crippen molar-refractivity contribution in [3.8, 4) is 11.5 Å². The molecule has 0 bridgehead atoms. The topological polar surface area (TPSA) is 59.9 Å². The average Bonchev–Trinajstić information content (AvgIpc) is 3.14. The van der Waals surface area contributed by atoms with Gasteiger partial charge < -0.3 is 14.8 Å². The van der Waals surface area contributed by atoms with Crippen molar-refractivity contribution in [1.82, 2.24) is 5.32 Å². The molecule has 1 amide bonds. The van der Waals surface area contributed by atoms with Crippen LogP contribution in [0.25, 0.3) is 6.08 Å². The number of benzene rings is 3. The number of para-hydroxylation sites is 1. The maximum atomic E-state index is 12.5. The number of aliphatic imine (C=N–C) groups is 1. The van der Waals surface area contributed by atoms with Gasteiger partial charge in [0.2, 0.25) is 0 Å². The van der Waals surface area contributed by atoms with E-state index in [2.05, 4.69) is 26.2 Å². The third kappa shape index (κ3) is 5.60. The van der Waals surface area contributed by atoms with Crippen LogP contribution in [0.15, 0.2) is 87.2 Å². The van der Waals surface area contributed by atoms with Crippen LogP contribution >= 0.6 is 27.7 Å². The van der Waals surface area contributed by atoms with E-state index in [9.17, 15) is 4.79 Å². The molecule has 3 aromatic carbocycles. The van der Waals surface area contributed by atoms with Gasteiger partial charge in [0, 0.05) is 4.47 Å². The Morgan fingerprint density at radius 1 is 1.00 bits per heavy atom. The molecular weight excluding hydrogens is 488 g/mol. The fraction of sp³-hybridized carbons (Fsp3) is 0.120. The van der Waals surface area contributed by atoms with Crippen molar-refractivity contribution in [2.75, 3.05) is 6.61 Å². The summed E-state index contributed by atoms with van der Waals surface area (Å²) >= 11 is 4.78. The van der Waals surface area contributed by atoms with Crippen LogP contribution in [0.5, 0.6) is 11.5 Å². The first-order valence-corrected chi connectivity index (χ1v) is 11.7. The first-order chi connectivity index (χ1) is 15.6. The third-order valence-electron chi connectivity index (χ3n) is 4.53. The lowest BCUT2D eigenvalue weighted by Gasteiger charge is -2.13. The highest BCUT2D eigenvalue weighted by molar-refractivity contribution is 9.10. The summed E-state index contributed by atoms with van der Waals surface area (Å²) in [5.74, 6) is 1.13. The van der Waals surface area contributed by atoms with Crippen molar-refractivity contribution < 1.29 is 14.3 Å². The molecule has 3 aromatic rings. The monoisotopic (exact) mass is 508 g/mol. The molecule has 4 rings (SSSR count). The molecule has 0 atom stereocenters. The lowest BCUT2D eigenvalue weighted by atomic mass is 10.2. The van der Waals surface area contributed by atoms with Crippen LogP contribution < -0.4 is 14.8 Å². The molecule has 1 aliphatic rings. The normalized spacial score (nSPS) is 15.8. The van der Waals surface area contributed by atoms with E-state index in [1.165, 1.54) is 11.8 Å². The number of carbonyl (C=O) groups is 1. The Morgan fingerprint density at radius 3 is 2.56 bits per heavy atom. The first-order valence-electron chi connectivity index (χ1n) is 10.1. The number of amides is 1. The number of hydrogen-bond acceptors (Lipinski definition) is 5. The minimum atomic E-state index is -0.178. The molecule has 1 saturated heterocycles. The molecule has 0 unspecified atom stereocenters. The van der Waals surface area contributed by atoms with E-state index in [4.69, 9.17) is 9.47 Å². The van der Waals surface area contributed by atoms with E-state index in [-0.39, 0.29) is 5.91 Å². The van der Waals surface area contributed by atoms with Gasteiger partial charge in [-0.1, -0.05) is 48.5 Å². The highest BCUT2D eigenvalue weighted by atomic mass is 79.9. The molecule has 0 aliphatic carbocycles. The average molecular weight is 509 g/mol. The van der Waals surface area contributed by atoms with Crippen LogP contribution in [0, 0.1) is 0 Å². The number of amidine groups is 1. The quantitative estimate of drug-likeness (QED) is 0.379. The van der Waals surface area contributed by atoms with Gasteiger partial charge in [-0.3, -0.25) is 4.79 Å². The standard InChI is InChI=1S/C25H21BrN2O3S/c1-2-30-22-14-18(12-13-21(22)31-16-17-8-4-3-5-9-17)15-23-24(29)28-25(32-23)27-20-11-7-6-10-19(20)26/h3-15H,2,16H2,1H3,(H,27,28,29)/b23-15+. The molecule has 1 N–H and O–H groups in total. The summed E-state index contributed by atoms with van der Waals surface area (Å²) in [6, 6.07) is 23.2. The molecule has 1 aliphatic heterocycles. The Morgan fingerprint density at radius 2 is 1.78 bits per heavy atom. The molecule has 0 radical (unpaired) electrons.